The highest BCUT2D eigenvalue weighted by atomic mass is 32.2. The van der Waals surface area contributed by atoms with Crippen LogP contribution in [0.5, 0.6) is 0 Å². The molecule has 3 rings (SSSR count). The summed E-state index contributed by atoms with van der Waals surface area (Å²) in [6.07, 6.45) is 1.84. The van der Waals surface area contributed by atoms with E-state index in [-0.39, 0.29) is 34.2 Å². The van der Waals surface area contributed by atoms with Gasteiger partial charge in [0.25, 0.3) is 5.69 Å². The zero-order valence-electron chi connectivity index (χ0n) is 13.6. The van der Waals surface area contributed by atoms with Crippen molar-refractivity contribution in [3.8, 4) is 0 Å². The van der Waals surface area contributed by atoms with Gasteiger partial charge in [0.05, 0.1) is 14.9 Å². The Labute approximate surface area is 140 Å². The van der Waals surface area contributed by atoms with Crippen LogP contribution in [-0.4, -0.2) is 24.9 Å². The lowest BCUT2D eigenvalue weighted by molar-refractivity contribution is -0.384. The van der Waals surface area contributed by atoms with E-state index < -0.39 is 20.4 Å². The first-order chi connectivity index (χ1) is 11.1. The Bertz CT molecular complexity index is 818. The number of nitro groups is 1. The Morgan fingerprint density at radius 3 is 2.62 bits per heavy atom. The number of benzene rings is 1. The molecule has 0 radical (unpaired) electrons. The minimum absolute atomic E-state index is 0.00145. The van der Waals surface area contributed by atoms with Gasteiger partial charge in [-0.3, -0.25) is 14.9 Å². The van der Waals surface area contributed by atoms with Crippen LogP contribution < -0.4 is 0 Å². The molecule has 0 N–H and O–H groups in total. The predicted molar refractivity (Wildman–Crippen MR) is 88.5 cm³/mol. The molecule has 0 aromatic heterocycles. The molecule has 1 aromatic rings. The minimum atomic E-state index is -3.93. The number of hydrogen-bond donors (Lipinski definition) is 0. The van der Waals surface area contributed by atoms with Crippen molar-refractivity contribution in [1.29, 1.82) is 0 Å². The van der Waals surface area contributed by atoms with Gasteiger partial charge in [0.1, 0.15) is 5.78 Å². The zero-order valence-corrected chi connectivity index (χ0v) is 14.4. The van der Waals surface area contributed by atoms with Crippen molar-refractivity contribution in [2.75, 3.05) is 5.75 Å². The number of hydrogen-bond acceptors (Lipinski definition) is 5. The van der Waals surface area contributed by atoms with E-state index in [4.69, 9.17) is 0 Å². The average molecular weight is 351 g/mol. The second-order valence-corrected chi connectivity index (χ2v) is 8.90. The second-order valence-electron chi connectivity index (χ2n) is 7.26. The minimum Gasteiger partial charge on any atom is -0.577 e. The Balaban J connectivity index is 1.86. The van der Waals surface area contributed by atoms with Gasteiger partial charge in [0.2, 0.25) is 0 Å². The predicted octanol–water partition coefficient (Wildman–Crippen LogP) is 3.33. The summed E-state index contributed by atoms with van der Waals surface area (Å²) in [5, 5.41) is 10.8. The van der Waals surface area contributed by atoms with E-state index in [0.29, 0.717) is 12.8 Å². The highest BCUT2D eigenvalue weighted by Crippen LogP contribution is 2.64. The number of carbonyl (C=O) groups excluding carboxylic acids is 1. The molecule has 0 spiro atoms. The van der Waals surface area contributed by atoms with E-state index in [1.54, 1.807) is 0 Å². The number of rotatable bonds is 5. The maximum atomic E-state index is 12.6. The summed E-state index contributed by atoms with van der Waals surface area (Å²) in [6, 6.07) is 5.19. The quantitative estimate of drug-likeness (QED) is 0.597. The molecule has 2 aliphatic carbocycles. The molecule has 8 heteroatoms. The monoisotopic (exact) mass is 351 g/mol. The highest BCUT2D eigenvalue weighted by molar-refractivity contribution is 7.94. The summed E-state index contributed by atoms with van der Waals surface area (Å²) in [5.74, 6) is -0.107. The lowest BCUT2D eigenvalue weighted by Crippen LogP contribution is -2.41. The molecular weight excluding hydrogens is 332 g/mol. The summed E-state index contributed by atoms with van der Waals surface area (Å²) >= 11 is 0. The Kier molecular flexibility index (Phi) is 3.71. The van der Waals surface area contributed by atoms with Crippen molar-refractivity contribution >= 4 is 27.2 Å². The number of nitrogens with zero attached hydrogens (tertiary/aromatic N) is 2. The van der Waals surface area contributed by atoms with Gasteiger partial charge in [-0.2, -0.15) is 0 Å². The Hall–Kier alpha value is -1.96. The standard InChI is InChI=1S/C16H19N2O5S/c1-15(2)11-6-7-16(15,14(19)8-11)10-24(22,23)17-12-4-3-5-13(9-12)18(20)21/h3-5,9,11H,6-8,10H2,1-2H3/q-1/t11-,16+/m1/s1. The molecule has 0 unspecified atom stereocenters. The molecular formula is C16H19N2O5S-. The van der Waals surface area contributed by atoms with Gasteiger partial charge in [-0.15, -0.1) is 5.69 Å². The van der Waals surface area contributed by atoms with Crippen LogP contribution in [0.1, 0.15) is 33.1 Å². The van der Waals surface area contributed by atoms with Crippen LogP contribution in [0.15, 0.2) is 24.3 Å². The van der Waals surface area contributed by atoms with Gasteiger partial charge in [0.15, 0.2) is 0 Å². The topological polar surface area (TPSA) is 108 Å². The largest absolute Gasteiger partial charge is 0.577 e. The van der Waals surface area contributed by atoms with Crippen molar-refractivity contribution in [2.24, 2.45) is 16.7 Å². The SMILES string of the molecule is CC1(C)[C@@H]2CC[C@]1(CS(=O)(=O)[N-]c1cccc([N+](=O)[O-])c1)C(=O)C2. The van der Waals surface area contributed by atoms with Gasteiger partial charge in [-0.1, -0.05) is 26.0 Å². The number of nitro benzene ring substituents is 1. The Morgan fingerprint density at radius 2 is 2.08 bits per heavy atom. The molecule has 7 nitrogen and oxygen atoms in total. The molecule has 24 heavy (non-hydrogen) atoms. The summed E-state index contributed by atoms with van der Waals surface area (Å²) in [6.45, 7) is 3.91. The van der Waals surface area contributed by atoms with Crippen LogP contribution in [0.4, 0.5) is 11.4 Å². The molecule has 2 saturated carbocycles. The fourth-order valence-corrected chi connectivity index (χ4v) is 6.08. The maximum Gasteiger partial charge on any atom is 0.268 e. The van der Waals surface area contributed by atoms with Crippen LogP contribution in [-0.2, 0) is 14.8 Å². The third-order valence-electron chi connectivity index (χ3n) is 5.85. The molecule has 2 bridgehead atoms. The van der Waals surface area contributed by atoms with Crippen LogP contribution in [0.2, 0.25) is 0 Å². The van der Waals surface area contributed by atoms with Gasteiger partial charge < -0.3 is 4.72 Å². The van der Waals surface area contributed by atoms with E-state index in [1.165, 1.54) is 18.2 Å². The molecule has 2 atom stereocenters. The second kappa shape index (κ2) is 5.27. The number of non-ortho nitro benzene ring substituents is 1. The number of fused-ring (bicyclic) bond motifs is 2. The molecule has 130 valence electrons. The van der Waals surface area contributed by atoms with Crippen molar-refractivity contribution in [1.82, 2.24) is 0 Å². The molecule has 0 aliphatic heterocycles. The van der Waals surface area contributed by atoms with E-state index in [1.807, 2.05) is 13.8 Å². The van der Waals surface area contributed by atoms with Crippen molar-refractivity contribution < 1.29 is 18.1 Å². The van der Waals surface area contributed by atoms with Crippen molar-refractivity contribution in [2.45, 2.75) is 33.1 Å². The van der Waals surface area contributed by atoms with Crippen molar-refractivity contribution in [3.63, 3.8) is 0 Å². The summed E-state index contributed by atoms with van der Waals surface area (Å²) < 4.78 is 28.9. The summed E-state index contributed by atoms with van der Waals surface area (Å²) in [7, 11) is -3.93. The van der Waals surface area contributed by atoms with Crippen LogP contribution in [0.25, 0.3) is 4.72 Å². The first kappa shape index (κ1) is 16.9. The van der Waals surface area contributed by atoms with E-state index in [2.05, 4.69) is 4.72 Å². The highest BCUT2D eigenvalue weighted by Gasteiger charge is 2.64. The third kappa shape index (κ3) is 2.49. The molecule has 1 aromatic carbocycles. The van der Waals surface area contributed by atoms with Crippen LogP contribution in [0, 0.1) is 26.9 Å². The third-order valence-corrected chi connectivity index (χ3v) is 7.20. The number of carbonyl (C=O) groups is 1. The number of Topliss-reactive ketones (excluding diaryl/α,β-unsaturated/α-hetero) is 1. The molecule has 0 heterocycles. The maximum absolute atomic E-state index is 12.6. The Morgan fingerprint density at radius 1 is 1.38 bits per heavy atom. The van der Waals surface area contributed by atoms with Crippen LogP contribution in [0.3, 0.4) is 0 Å². The molecule has 2 aliphatic rings. The molecule has 2 fully saturated rings. The molecule has 0 saturated heterocycles. The lowest BCUT2D eigenvalue weighted by atomic mass is 9.70. The van der Waals surface area contributed by atoms with E-state index in [0.717, 1.165) is 12.5 Å². The lowest BCUT2D eigenvalue weighted by Gasteiger charge is -2.38. The first-order valence-corrected chi connectivity index (χ1v) is 9.42. The first-order valence-electron chi connectivity index (χ1n) is 7.81. The fourth-order valence-electron chi connectivity index (χ4n) is 4.28. The summed E-state index contributed by atoms with van der Waals surface area (Å²) in [5.41, 5.74) is -1.46. The zero-order chi connectivity index (χ0) is 17.8. The van der Waals surface area contributed by atoms with Gasteiger partial charge >= 0.3 is 0 Å². The smallest absolute Gasteiger partial charge is 0.268 e. The fraction of sp³-hybridized carbons (Fsp3) is 0.562. The van der Waals surface area contributed by atoms with Gasteiger partial charge in [-0.25, -0.2) is 8.42 Å². The van der Waals surface area contributed by atoms with Crippen molar-refractivity contribution in [3.05, 3.63) is 39.1 Å². The van der Waals surface area contributed by atoms with E-state index >= 15 is 0 Å². The average Bonchev–Trinajstić information content (AvgIpc) is 2.80. The normalized spacial score (nSPS) is 28.1. The number of ketones is 1. The van der Waals surface area contributed by atoms with E-state index in [9.17, 15) is 23.3 Å². The number of sulfonamides is 1. The van der Waals surface area contributed by atoms with Gasteiger partial charge in [-0.05, 0) is 24.2 Å². The summed E-state index contributed by atoms with van der Waals surface area (Å²) in [4.78, 5) is 22.6. The van der Waals surface area contributed by atoms with Gasteiger partial charge in [0, 0.05) is 29.7 Å². The molecule has 0 amide bonds. The van der Waals surface area contributed by atoms with Crippen LogP contribution >= 0.6 is 0 Å².